The van der Waals surface area contributed by atoms with E-state index in [1.54, 1.807) is 0 Å². The SMILES string of the molecule is CN(CC(=O)NCC(O)COc1ccc(C(F)(F)F)cc1)S(=O)(=O)c1ccc(Cl)s1. The van der Waals surface area contributed by atoms with Gasteiger partial charge in [-0.15, -0.1) is 11.3 Å². The third-order valence-corrected chi connectivity index (χ3v) is 7.24. The monoisotopic (exact) mass is 486 g/mol. The molecule has 1 heterocycles. The van der Waals surface area contributed by atoms with E-state index >= 15 is 0 Å². The number of hydrogen-bond acceptors (Lipinski definition) is 6. The summed E-state index contributed by atoms with van der Waals surface area (Å²) in [4.78, 5) is 11.9. The third-order valence-electron chi connectivity index (χ3n) is 3.74. The topological polar surface area (TPSA) is 95.9 Å². The second-order valence-electron chi connectivity index (χ2n) is 6.11. The Kier molecular flexibility index (Phi) is 8.11. The highest BCUT2D eigenvalue weighted by Crippen LogP contribution is 2.30. The molecule has 30 heavy (non-hydrogen) atoms. The smallest absolute Gasteiger partial charge is 0.416 e. The fourth-order valence-corrected chi connectivity index (χ4v) is 4.98. The van der Waals surface area contributed by atoms with Gasteiger partial charge in [-0.3, -0.25) is 4.79 Å². The Balaban J connectivity index is 1.77. The molecule has 13 heteroatoms. The number of likely N-dealkylation sites (N-methyl/N-ethyl adjacent to an activating group) is 1. The molecule has 2 aromatic rings. The zero-order valence-electron chi connectivity index (χ0n) is 15.5. The molecule has 0 saturated heterocycles. The van der Waals surface area contributed by atoms with E-state index in [2.05, 4.69) is 5.32 Å². The van der Waals surface area contributed by atoms with Crippen molar-refractivity contribution in [1.29, 1.82) is 0 Å². The van der Waals surface area contributed by atoms with Crippen LogP contribution in [-0.4, -0.2) is 56.6 Å². The van der Waals surface area contributed by atoms with Gasteiger partial charge in [-0.25, -0.2) is 8.42 Å². The standard InChI is InChI=1S/C17H18ClF3N2O5S2/c1-23(30(26,27)16-7-6-14(18)29-16)9-15(25)22-8-12(24)10-28-13-4-2-11(3-5-13)17(19,20)21/h2-7,12,24H,8-10H2,1H3,(H,22,25). The number of aliphatic hydroxyl groups is 1. The number of ether oxygens (including phenoxy) is 1. The number of sulfonamides is 1. The average molecular weight is 487 g/mol. The molecule has 0 spiro atoms. The van der Waals surface area contributed by atoms with Crippen LogP contribution in [0.2, 0.25) is 4.34 Å². The Morgan fingerprint density at radius 1 is 1.27 bits per heavy atom. The quantitative estimate of drug-likeness (QED) is 0.568. The van der Waals surface area contributed by atoms with Crippen molar-refractivity contribution >= 4 is 38.9 Å². The number of rotatable bonds is 9. The number of thiophene rings is 1. The van der Waals surface area contributed by atoms with Crippen LogP contribution in [0.4, 0.5) is 13.2 Å². The first kappa shape index (κ1) is 24.4. The van der Waals surface area contributed by atoms with Crippen molar-refractivity contribution in [3.05, 3.63) is 46.3 Å². The zero-order valence-corrected chi connectivity index (χ0v) is 17.9. The fraction of sp³-hybridized carbons (Fsp3) is 0.353. The van der Waals surface area contributed by atoms with Crippen LogP contribution in [0.15, 0.2) is 40.6 Å². The highest BCUT2D eigenvalue weighted by molar-refractivity contribution is 7.91. The largest absolute Gasteiger partial charge is 0.491 e. The minimum atomic E-state index is -4.46. The van der Waals surface area contributed by atoms with Gasteiger partial charge in [0.2, 0.25) is 5.91 Å². The van der Waals surface area contributed by atoms with E-state index < -0.39 is 40.3 Å². The zero-order chi connectivity index (χ0) is 22.5. The summed E-state index contributed by atoms with van der Waals surface area (Å²) in [7, 11) is -2.64. The number of carbonyl (C=O) groups excluding carboxylic acids is 1. The first-order valence-electron chi connectivity index (χ1n) is 8.36. The maximum absolute atomic E-state index is 12.5. The molecular formula is C17H18ClF3N2O5S2. The number of alkyl halides is 3. The molecule has 7 nitrogen and oxygen atoms in total. The van der Waals surface area contributed by atoms with Gasteiger partial charge in [-0.05, 0) is 36.4 Å². The van der Waals surface area contributed by atoms with Gasteiger partial charge < -0.3 is 15.2 Å². The molecule has 2 N–H and O–H groups in total. The van der Waals surface area contributed by atoms with E-state index in [0.717, 1.165) is 39.9 Å². The maximum Gasteiger partial charge on any atom is 0.416 e. The van der Waals surface area contributed by atoms with Crippen LogP contribution in [0.25, 0.3) is 0 Å². The summed E-state index contributed by atoms with van der Waals surface area (Å²) in [5.41, 5.74) is -0.827. The van der Waals surface area contributed by atoms with Gasteiger partial charge in [0.05, 0.1) is 16.4 Å². The lowest BCUT2D eigenvalue weighted by Crippen LogP contribution is -2.41. The first-order chi connectivity index (χ1) is 13.9. The normalized spacial score (nSPS) is 13.3. The third kappa shape index (κ3) is 6.84. The molecule has 0 fully saturated rings. The Bertz CT molecular complexity index is 965. The number of benzene rings is 1. The number of carbonyl (C=O) groups is 1. The van der Waals surface area contributed by atoms with E-state index in [9.17, 15) is 31.5 Å². The number of amides is 1. The van der Waals surface area contributed by atoms with Gasteiger partial charge in [0.25, 0.3) is 10.0 Å². The number of nitrogens with zero attached hydrogens (tertiary/aromatic N) is 1. The van der Waals surface area contributed by atoms with E-state index in [1.807, 2.05) is 0 Å². The van der Waals surface area contributed by atoms with E-state index in [1.165, 1.54) is 19.2 Å². The number of nitrogens with one attached hydrogen (secondary N) is 1. The molecule has 2 rings (SSSR count). The predicted octanol–water partition coefficient (Wildman–Crippen LogP) is 2.60. The van der Waals surface area contributed by atoms with Crippen LogP contribution in [0.5, 0.6) is 5.75 Å². The van der Waals surface area contributed by atoms with Crippen LogP contribution in [-0.2, 0) is 21.0 Å². The van der Waals surface area contributed by atoms with Gasteiger partial charge in [-0.1, -0.05) is 11.6 Å². The van der Waals surface area contributed by atoms with Crippen molar-refractivity contribution in [3.8, 4) is 5.75 Å². The number of hydrogen-bond donors (Lipinski definition) is 2. The van der Waals surface area contributed by atoms with Crippen molar-refractivity contribution < 1.29 is 36.2 Å². The number of halogens is 4. The van der Waals surface area contributed by atoms with Crippen LogP contribution in [0.1, 0.15) is 5.56 Å². The molecule has 1 atom stereocenters. The van der Waals surface area contributed by atoms with Crippen molar-refractivity contribution in [2.45, 2.75) is 16.5 Å². The van der Waals surface area contributed by atoms with Crippen LogP contribution in [0, 0.1) is 0 Å². The highest BCUT2D eigenvalue weighted by Gasteiger charge is 2.30. The molecule has 0 aliphatic rings. The molecule has 0 radical (unpaired) electrons. The van der Waals surface area contributed by atoms with Crippen molar-refractivity contribution in [2.75, 3.05) is 26.7 Å². The molecule has 0 aliphatic heterocycles. The minimum absolute atomic E-state index is 0.00669. The molecule has 1 amide bonds. The minimum Gasteiger partial charge on any atom is -0.491 e. The first-order valence-corrected chi connectivity index (χ1v) is 11.0. The molecule has 166 valence electrons. The number of aliphatic hydroxyl groups excluding tert-OH is 1. The van der Waals surface area contributed by atoms with Crippen LogP contribution in [0.3, 0.4) is 0 Å². The maximum atomic E-state index is 12.5. The molecule has 0 aliphatic carbocycles. The lowest BCUT2D eigenvalue weighted by molar-refractivity contribution is -0.137. The van der Waals surface area contributed by atoms with Crippen molar-refractivity contribution in [2.24, 2.45) is 0 Å². The molecule has 1 aromatic heterocycles. The van der Waals surface area contributed by atoms with Crippen LogP contribution >= 0.6 is 22.9 Å². The summed E-state index contributed by atoms with van der Waals surface area (Å²) < 4.78 is 68.5. The summed E-state index contributed by atoms with van der Waals surface area (Å²) in [6.45, 7) is -1.00. The summed E-state index contributed by atoms with van der Waals surface area (Å²) in [6, 6.07) is 6.69. The van der Waals surface area contributed by atoms with E-state index in [-0.39, 0.29) is 23.1 Å². The lowest BCUT2D eigenvalue weighted by Gasteiger charge is -2.17. The molecule has 0 saturated carbocycles. The fourth-order valence-electron chi connectivity index (χ4n) is 2.16. The Hall–Kier alpha value is -1.86. The van der Waals surface area contributed by atoms with Crippen molar-refractivity contribution in [3.63, 3.8) is 0 Å². The second-order valence-corrected chi connectivity index (χ2v) is 10.1. The average Bonchev–Trinajstić information content (AvgIpc) is 3.11. The van der Waals surface area contributed by atoms with Gasteiger partial charge in [0.15, 0.2) is 0 Å². The Morgan fingerprint density at radius 3 is 2.43 bits per heavy atom. The summed E-state index contributed by atoms with van der Waals surface area (Å²) in [5.74, 6) is -0.536. The van der Waals surface area contributed by atoms with Gasteiger partial charge in [-0.2, -0.15) is 17.5 Å². The molecule has 1 unspecified atom stereocenters. The Morgan fingerprint density at radius 2 is 1.90 bits per heavy atom. The lowest BCUT2D eigenvalue weighted by atomic mass is 10.2. The van der Waals surface area contributed by atoms with Crippen LogP contribution < -0.4 is 10.1 Å². The molecular weight excluding hydrogens is 469 g/mol. The van der Waals surface area contributed by atoms with Gasteiger partial charge in [0, 0.05) is 13.6 Å². The van der Waals surface area contributed by atoms with E-state index in [0.29, 0.717) is 4.34 Å². The predicted molar refractivity (Wildman–Crippen MR) is 105 cm³/mol. The van der Waals surface area contributed by atoms with E-state index in [4.69, 9.17) is 16.3 Å². The summed E-state index contributed by atoms with van der Waals surface area (Å²) >= 11 is 6.59. The summed E-state index contributed by atoms with van der Waals surface area (Å²) in [5, 5.41) is 12.2. The van der Waals surface area contributed by atoms with Gasteiger partial charge >= 0.3 is 6.18 Å². The molecule has 0 bridgehead atoms. The second kappa shape index (κ2) is 9.96. The van der Waals surface area contributed by atoms with Gasteiger partial charge in [0.1, 0.15) is 22.7 Å². The highest BCUT2D eigenvalue weighted by atomic mass is 35.5. The Labute approximate surface area is 180 Å². The van der Waals surface area contributed by atoms with Crippen molar-refractivity contribution in [1.82, 2.24) is 9.62 Å². The molecule has 1 aromatic carbocycles. The summed E-state index contributed by atoms with van der Waals surface area (Å²) in [6.07, 6.45) is -5.62.